The molecule has 0 aliphatic rings. The molecule has 0 unspecified atom stereocenters. The molecule has 0 saturated heterocycles. The summed E-state index contributed by atoms with van der Waals surface area (Å²) in [5.41, 5.74) is -1.57. The molecule has 0 heterocycles. The zero-order valence-corrected chi connectivity index (χ0v) is 15.6. The van der Waals surface area contributed by atoms with Crippen LogP contribution in [0, 0.1) is 0 Å². The van der Waals surface area contributed by atoms with Gasteiger partial charge in [0.2, 0.25) is 0 Å². The molecule has 0 saturated carbocycles. The third kappa shape index (κ3) is 4.92. The number of alkyl halides is 3. The average molecular weight is 422 g/mol. The number of rotatable bonds is 6. The molecular formula is C17H15ClF3NO4S. The van der Waals surface area contributed by atoms with Crippen LogP contribution in [0.15, 0.2) is 53.4 Å². The number of benzene rings is 2. The van der Waals surface area contributed by atoms with E-state index in [9.17, 15) is 26.4 Å². The highest BCUT2D eigenvalue weighted by Gasteiger charge is 2.34. The number of hydrogen-bond acceptors (Lipinski definition) is 4. The van der Waals surface area contributed by atoms with Gasteiger partial charge in [-0.15, -0.1) is 0 Å². The van der Waals surface area contributed by atoms with E-state index in [0.29, 0.717) is 10.4 Å². The van der Waals surface area contributed by atoms with E-state index in [2.05, 4.69) is 0 Å². The number of esters is 1. The van der Waals surface area contributed by atoms with Crippen LogP contribution in [-0.4, -0.2) is 27.5 Å². The van der Waals surface area contributed by atoms with E-state index in [1.165, 1.54) is 31.2 Å². The largest absolute Gasteiger partial charge is 0.465 e. The first-order chi connectivity index (χ1) is 12.6. The Morgan fingerprint density at radius 1 is 1.15 bits per heavy atom. The molecule has 146 valence electrons. The quantitative estimate of drug-likeness (QED) is 0.658. The summed E-state index contributed by atoms with van der Waals surface area (Å²) in [6, 6.07) is 9.23. The fraction of sp³-hybridized carbons (Fsp3) is 0.235. The van der Waals surface area contributed by atoms with Gasteiger partial charge in [0.25, 0.3) is 10.0 Å². The first kappa shape index (κ1) is 21.0. The number of anilines is 1. The Balaban J connectivity index is 2.62. The number of carbonyl (C=O) groups excluding carboxylic acids is 1. The molecule has 0 spiro atoms. The van der Waals surface area contributed by atoms with E-state index >= 15 is 0 Å². The van der Waals surface area contributed by atoms with Gasteiger partial charge in [0.05, 0.1) is 27.8 Å². The Labute approximate surface area is 159 Å². The molecule has 0 amide bonds. The van der Waals surface area contributed by atoms with Crippen LogP contribution in [0.5, 0.6) is 0 Å². The molecule has 0 fully saturated rings. The molecule has 0 aliphatic carbocycles. The van der Waals surface area contributed by atoms with E-state index in [0.717, 1.165) is 12.1 Å². The second-order valence-electron chi connectivity index (χ2n) is 5.29. The Bertz CT molecular complexity index is 918. The maximum Gasteiger partial charge on any atom is 0.416 e. The molecule has 5 nitrogen and oxygen atoms in total. The van der Waals surface area contributed by atoms with Gasteiger partial charge in [0, 0.05) is 0 Å². The van der Waals surface area contributed by atoms with Gasteiger partial charge in [0.15, 0.2) is 0 Å². The predicted octanol–water partition coefficient (Wildman–Crippen LogP) is 4.12. The van der Waals surface area contributed by atoms with Crippen molar-refractivity contribution in [3.8, 4) is 0 Å². The molecular weight excluding hydrogens is 407 g/mol. The van der Waals surface area contributed by atoms with Crippen molar-refractivity contribution < 1.29 is 31.1 Å². The first-order valence-electron chi connectivity index (χ1n) is 7.67. The van der Waals surface area contributed by atoms with Crippen molar-refractivity contribution in [1.29, 1.82) is 0 Å². The highest BCUT2D eigenvalue weighted by molar-refractivity contribution is 7.92. The summed E-state index contributed by atoms with van der Waals surface area (Å²) in [6.07, 6.45) is -4.72. The minimum Gasteiger partial charge on any atom is -0.465 e. The van der Waals surface area contributed by atoms with Gasteiger partial charge in [-0.05, 0) is 37.3 Å². The Kier molecular flexibility index (Phi) is 6.38. The monoisotopic (exact) mass is 421 g/mol. The van der Waals surface area contributed by atoms with Crippen LogP contribution in [0.2, 0.25) is 5.02 Å². The number of halogens is 4. The van der Waals surface area contributed by atoms with E-state index in [-0.39, 0.29) is 16.5 Å². The summed E-state index contributed by atoms with van der Waals surface area (Å²) >= 11 is 5.97. The van der Waals surface area contributed by atoms with E-state index in [1.54, 1.807) is 6.07 Å². The minimum atomic E-state index is -4.72. The minimum absolute atomic E-state index is 0.0195. The van der Waals surface area contributed by atoms with E-state index in [4.69, 9.17) is 16.3 Å². The van der Waals surface area contributed by atoms with Crippen molar-refractivity contribution in [2.24, 2.45) is 0 Å². The number of hydrogen-bond donors (Lipinski definition) is 0. The third-order valence-electron chi connectivity index (χ3n) is 3.45. The molecule has 0 N–H and O–H groups in total. The maximum absolute atomic E-state index is 13.1. The maximum atomic E-state index is 13.1. The van der Waals surface area contributed by atoms with Crippen LogP contribution >= 0.6 is 11.6 Å². The van der Waals surface area contributed by atoms with Gasteiger partial charge in [-0.3, -0.25) is 9.10 Å². The van der Waals surface area contributed by atoms with Crippen LogP contribution in [0.4, 0.5) is 18.9 Å². The summed E-state index contributed by atoms with van der Waals surface area (Å²) in [7, 11) is -4.37. The Hall–Kier alpha value is -2.26. The predicted molar refractivity (Wildman–Crippen MR) is 94.1 cm³/mol. The lowest BCUT2D eigenvalue weighted by atomic mass is 10.2. The van der Waals surface area contributed by atoms with Crippen molar-refractivity contribution in [2.75, 3.05) is 17.5 Å². The van der Waals surface area contributed by atoms with E-state index in [1.807, 2.05) is 0 Å². The van der Waals surface area contributed by atoms with Gasteiger partial charge in [0.1, 0.15) is 6.54 Å². The van der Waals surface area contributed by atoms with Gasteiger partial charge in [-0.25, -0.2) is 8.42 Å². The first-order valence-corrected chi connectivity index (χ1v) is 9.49. The number of carbonyl (C=O) groups is 1. The van der Waals surface area contributed by atoms with Crippen LogP contribution in [-0.2, 0) is 25.7 Å². The smallest absolute Gasteiger partial charge is 0.416 e. The fourth-order valence-electron chi connectivity index (χ4n) is 2.22. The molecule has 0 aliphatic heterocycles. The van der Waals surface area contributed by atoms with Crippen LogP contribution in [0.1, 0.15) is 12.5 Å². The van der Waals surface area contributed by atoms with Crippen LogP contribution in [0.3, 0.4) is 0 Å². The molecule has 27 heavy (non-hydrogen) atoms. The lowest BCUT2D eigenvalue weighted by Gasteiger charge is -2.25. The lowest BCUT2D eigenvalue weighted by molar-refractivity contribution is -0.141. The van der Waals surface area contributed by atoms with Crippen LogP contribution < -0.4 is 4.31 Å². The highest BCUT2D eigenvalue weighted by Crippen LogP contribution is 2.37. The lowest BCUT2D eigenvalue weighted by Crippen LogP contribution is -2.37. The molecule has 2 aromatic carbocycles. The molecule has 0 radical (unpaired) electrons. The van der Waals surface area contributed by atoms with Gasteiger partial charge in [-0.1, -0.05) is 29.8 Å². The highest BCUT2D eigenvalue weighted by atomic mass is 35.5. The summed E-state index contributed by atoms with van der Waals surface area (Å²) in [4.78, 5) is 11.7. The molecule has 0 bridgehead atoms. The molecule has 0 atom stereocenters. The molecule has 10 heteroatoms. The standard InChI is InChI=1S/C17H15ClF3NO4S/c1-2-26-16(23)11-22(27(24,25)13-6-4-3-5-7-13)15-10-12(17(19,20)21)8-9-14(15)18/h3-10H,2,11H2,1H3. The van der Waals surface area contributed by atoms with Crippen molar-refractivity contribution in [2.45, 2.75) is 18.0 Å². The second-order valence-corrected chi connectivity index (χ2v) is 7.56. The van der Waals surface area contributed by atoms with Gasteiger partial charge in [-0.2, -0.15) is 13.2 Å². The summed E-state index contributed by atoms with van der Waals surface area (Å²) in [5.74, 6) is -0.925. The third-order valence-corrected chi connectivity index (χ3v) is 5.54. The van der Waals surface area contributed by atoms with Crippen molar-refractivity contribution in [3.63, 3.8) is 0 Å². The fourth-order valence-corrected chi connectivity index (χ4v) is 3.93. The van der Waals surface area contributed by atoms with Crippen molar-refractivity contribution in [1.82, 2.24) is 0 Å². The summed E-state index contributed by atoms with van der Waals surface area (Å²) < 4.78 is 70.4. The zero-order valence-electron chi connectivity index (χ0n) is 14.0. The average Bonchev–Trinajstić information content (AvgIpc) is 2.60. The van der Waals surface area contributed by atoms with Crippen LogP contribution in [0.25, 0.3) is 0 Å². The number of ether oxygens (including phenoxy) is 1. The SMILES string of the molecule is CCOC(=O)CN(c1cc(C(F)(F)F)ccc1Cl)S(=O)(=O)c1ccccc1. The molecule has 2 aromatic rings. The van der Waals surface area contributed by atoms with E-state index < -0.39 is 40.0 Å². The van der Waals surface area contributed by atoms with Gasteiger partial charge < -0.3 is 4.74 Å². The summed E-state index contributed by atoms with van der Waals surface area (Å²) in [6.45, 7) is 0.672. The van der Waals surface area contributed by atoms with Crippen molar-refractivity contribution >= 4 is 33.3 Å². The second kappa shape index (κ2) is 8.18. The Morgan fingerprint density at radius 2 is 1.78 bits per heavy atom. The Morgan fingerprint density at radius 3 is 2.33 bits per heavy atom. The topological polar surface area (TPSA) is 63.7 Å². The van der Waals surface area contributed by atoms with Crippen molar-refractivity contribution in [3.05, 3.63) is 59.1 Å². The van der Waals surface area contributed by atoms with Gasteiger partial charge >= 0.3 is 12.1 Å². The number of sulfonamides is 1. The number of nitrogens with zero attached hydrogens (tertiary/aromatic N) is 1. The molecule has 2 rings (SSSR count). The normalized spacial score (nSPS) is 11.9. The molecule has 0 aromatic heterocycles. The zero-order chi connectivity index (χ0) is 20.2. The summed E-state index contributed by atoms with van der Waals surface area (Å²) in [5, 5.41) is -0.258.